The summed E-state index contributed by atoms with van der Waals surface area (Å²) in [7, 11) is 4.15. The number of ketones is 1. The van der Waals surface area contributed by atoms with Crippen molar-refractivity contribution in [2.24, 2.45) is 5.92 Å². The summed E-state index contributed by atoms with van der Waals surface area (Å²) in [5.41, 5.74) is 4.03. The molecule has 3 aromatic rings. The van der Waals surface area contributed by atoms with E-state index in [1.165, 1.54) is 17.7 Å². The fourth-order valence-corrected chi connectivity index (χ4v) is 4.52. The van der Waals surface area contributed by atoms with Gasteiger partial charge in [-0.15, -0.1) is 0 Å². The second-order valence-corrected chi connectivity index (χ2v) is 8.75. The molecule has 1 unspecified atom stereocenters. The van der Waals surface area contributed by atoms with Crippen LogP contribution in [0.1, 0.15) is 64.9 Å². The number of hydrogen-bond donors (Lipinski definition) is 0. The number of carbonyl (C=O) groups is 1. The predicted molar refractivity (Wildman–Crippen MR) is 122 cm³/mol. The quantitative estimate of drug-likeness (QED) is 0.472. The van der Waals surface area contributed by atoms with E-state index in [1.807, 2.05) is 37.3 Å². The summed E-state index contributed by atoms with van der Waals surface area (Å²) < 4.78 is 18.7. The van der Waals surface area contributed by atoms with Gasteiger partial charge in [-0.2, -0.15) is 4.98 Å². The number of benzene rings is 2. The summed E-state index contributed by atoms with van der Waals surface area (Å²) >= 11 is 0. The van der Waals surface area contributed by atoms with Gasteiger partial charge in [0.15, 0.2) is 0 Å². The van der Waals surface area contributed by atoms with Crippen LogP contribution in [0.2, 0.25) is 0 Å². The Morgan fingerprint density at radius 2 is 1.75 bits per heavy atom. The monoisotopic (exact) mass is 433 g/mol. The minimum atomic E-state index is -0.241. The molecule has 0 radical (unpaired) electrons. The average molecular weight is 434 g/mol. The first kappa shape index (κ1) is 22.1. The third-order valence-electron chi connectivity index (χ3n) is 6.17. The Labute approximate surface area is 188 Å². The lowest BCUT2D eigenvalue weighted by molar-refractivity contribution is 0.102. The van der Waals surface area contributed by atoms with Crippen molar-refractivity contribution in [2.75, 3.05) is 14.1 Å². The molecule has 4 rings (SSSR count). The predicted octanol–water partition coefficient (Wildman–Crippen LogP) is 5.62. The van der Waals surface area contributed by atoms with Crippen molar-refractivity contribution < 1.29 is 13.7 Å². The molecule has 0 bridgehead atoms. The number of aromatic nitrogens is 2. The van der Waals surface area contributed by atoms with Gasteiger partial charge in [0.25, 0.3) is 5.89 Å². The van der Waals surface area contributed by atoms with Crippen LogP contribution in [0.3, 0.4) is 0 Å². The van der Waals surface area contributed by atoms with Crippen LogP contribution in [0.15, 0.2) is 58.6 Å². The van der Waals surface area contributed by atoms with Gasteiger partial charge in [-0.1, -0.05) is 52.7 Å². The lowest BCUT2D eigenvalue weighted by Crippen LogP contribution is -2.29. The van der Waals surface area contributed by atoms with Gasteiger partial charge < -0.3 is 9.42 Å². The van der Waals surface area contributed by atoms with Crippen LogP contribution in [0.5, 0.6) is 0 Å². The number of carbonyl (C=O) groups excluding carboxylic acids is 1. The first-order valence-electron chi connectivity index (χ1n) is 11.0. The molecule has 0 spiro atoms. The molecule has 1 atom stereocenters. The van der Waals surface area contributed by atoms with E-state index in [9.17, 15) is 9.18 Å². The van der Waals surface area contributed by atoms with Crippen molar-refractivity contribution in [1.29, 1.82) is 0 Å². The molecule has 5 nitrogen and oxygen atoms in total. The molecule has 0 aliphatic heterocycles. The molecule has 0 saturated heterocycles. The summed E-state index contributed by atoms with van der Waals surface area (Å²) in [5.74, 6) is 0.485. The molecule has 1 heterocycles. The van der Waals surface area contributed by atoms with Crippen LogP contribution >= 0.6 is 0 Å². The topological polar surface area (TPSA) is 59.2 Å². The van der Waals surface area contributed by atoms with Crippen LogP contribution < -0.4 is 0 Å². The molecule has 0 amide bonds. The first-order chi connectivity index (χ1) is 15.4. The van der Waals surface area contributed by atoms with Gasteiger partial charge in [0, 0.05) is 17.7 Å². The van der Waals surface area contributed by atoms with Crippen LogP contribution in [0, 0.1) is 18.7 Å². The third kappa shape index (κ3) is 5.02. The van der Waals surface area contributed by atoms with Gasteiger partial charge in [0.1, 0.15) is 5.82 Å². The van der Waals surface area contributed by atoms with Crippen LogP contribution in [-0.2, 0) is 0 Å². The van der Waals surface area contributed by atoms with Gasteiger partial charge in [-0.05, 0) is 70.3 Å². The van der Waals surface area contributed by atoms with Crippen LogP contribution in [-0.4, -0.2) is 34.9 Å². The highest BCUT2D eigenvalue weighted by molar-refractivity contribution is 6.06. The Hall–Kier alpha value is -3.12. The Balaban J connectivity index is 1.42. The Morgan fingerprint density at radius 1 is 1.09 bits per heavy atom. The van der Waals surface area contributed by atoms with E-state index in [4.69, 9.17) is 4.52 Å². The second-order valence-electron chi connectivity index (χ2n) is 8.75. The zero-order chi connectivity index (χ0) is 22.7. The summed E-state index contributed by atoms with van der Waals surface area (Å²) in [4.78, 5) is 19.1. The van der Waals surface area contributed by atoms with E-state index in [2.05, 4.69) is 29.1 Å². The van der Waals surface area contributed by atoms with Gasteiger partial charge in [0.05, 0.1) is 0 Å². The fraction of sp³-hybridized carbons (Fsp3) is 0.346. The summed E-state index contributed by atoms with van der Waals surface area (Å²) in [6, 6.07) is 14.4. The Kier molecular flexibility index (Phi) is 6.61. The fourth-order valence-electron chi connectivity index (χ4n) is 4.52. The minimum Gasteiger partial charge on any atom is -0.334 e. The summed E-state index contributed by atoms with van der Waals surface area (Å²) in [5, 5.41) is 3.88. The standard InChI is InChI=1S/C26H28FN3O2/c1-17-4-8-21(9-5-17)25(31)26-28-23(32-29-26)16-18-6-10-19(11-7-18)24(30(2)3)20-12-14-22(27)15-13-20/h4-5,8-9,12-16,19,24H,6-7,10-11H2,1-3H3. The Morgan fingerprint density at radius 3 is 2.38 bits per heavy atom. The van der Waals surface area contributed by atoms with E-state index >= 15 is 0 Å². The van der Waals surface area contributed by atoms with Crippen LogP contribution in [0.25, 0.3) is 6.08 Å². The lowest BCUT2D eigenvalue weighted by Gasteiger charge is -2.36. The summed E-state index contributed by atoms with van der Waals surface area (Å²) in [6.45, 7) is 1.97. The number of halogens is 1. The zero-order valence-corrected chi connectivity index (χ0v) is 18.7. The second kappa shape index (κ2) is 9.57. The van der Waals surface area contributed by atoms with Crippen molar-refractivity contribution in [3.05, 3.63) is 88.3 Å². The molecular weight excluding hydrogens is 405 g/mol. The minimum absolute atomic E-state index is 0.0818. The molecule has 1 aliphatic rings. The highest BCUT2D eigenvalue weighted by atomic mass is 19.1. The normalized spacial score (nSPS) is 17.4. The van der Waals surface area contributed by atoms with Crippen molar-refractivity contribution in [3.8, 4) is 0 Å². The molecule has 32 heavy (non-hydrogen) atoms. The number of nitrogens with zero attached hydrogens (tertiary/aromatic N) is 3. The van der Waals surface area contributed by atoms with E-state index in [0.717, 1.165) is 36.8 Å². The van der Waals surface area contributed by atoms with E-state index in [-0.39, 0.29) is 23.5 Å². The SMILES string of the molecule is Cc1ccc(C(=O)c2noc(C=C3CCC(C(c4ccc(F)cc4)N(C)C)CC3)n2)cc1. The van der Waals surface area contributed by atoms with E-state index in [1.54, 1.807) is 12.1 Å². The van der Waals surface area contributed by atoms with E-state index < -0.39 is 0 Å². The molecule has 2 aromatic carbocycles. The van der Waals surface area contributed by atoms with Gasteiger partial charge in [-0.25, -0.2) is 4.39 Å². The number of aryl methyl sites for hydroxylation is 1. The van der Waals surface area contributed by atoms with Crippen molar-refractivity contribution in [3.63, 3.8) is 0 Å². The largest absolute Gasteiger partial charge is 0.334 e. The smallest absolute Gasteiger partial charge is 0.250 e. The maximum absolute atomic E-state index is 13.4. The van der Waals surface area contributed by atoms with Crippen molar-refractivity contribution >= 4 is 11.9 Å². The van der Waals surface area contributed by atoms with Crippen LogP contribution in [0.4, 0.5) is 4.39 Å². The van der Waals surface area contributed by atoms with Crippen molar-refractivity contribution in [2.45, 2.75) is 38.6 Å². The molecule has 1 aromatic heterocycles. The van der Waals surface area contributed by atoms with E-state index in [0.29, 0.717) is 17.4 Å². The molecule has 0 N–H and O–H groups in total. The summed E-state index contributed by atoms with van der Waals surface area (Å²) in [6.07, 6.45) is 5.82. The highest BCUT2D eigenvalue weighted by Crippen LogP contribution is 2.39. The Bertz CT molecular complexity index is 1090. The van der Waals surface area contributed by atoms with Gasteiger partial charge in [0.2, 0.25) is 11.6 Å². The lowest BCUT2D eigenvalue weighted by atomic mass is 9.78. The van der Waals surface area contributed by atoms with Gasteiger partial charge in [-0.3, -0.25) is 4.79 Å². The zero-order valence-electron chi connectivity index (χ0n) is 18.7. The molecule has 1 fully saturated rings. The maximum Gasteiger partial charge on any atom is 0.250 e. The third-order valence-corrected chi connectivity index (χ3v) is 6.17. The number of rotatable bonds is 6. The first-order valence-corrected chi connectivity index (χ1v) is 11.0. The molecule has 6 heteroatoms. The average Bonchev–Trinajstić information content (AvgIpc) is 3.25. The maximum atomic E-state index is 13.4. The molecule has 1 aliphatic carbocycles. The molecule has 1 saturated carbocycles. The molecular formula is C26H28FN3O2. The van der Waals surface area contributed by atoms with Gasteiger partial charge >= 0.3 is 0 Å². The number of hydrogen-bond acceptors (Lipinski definition) is 5. The molecule has 166 valence electrons. The van der Waals surface area contributed by atoms with Crippen molar-refractivity contribution in [1.82, 2.24) is 15.0 Å². The highest BCUT2D eigenvalue weighted by Gasteiger charge is 2.28. The number of allylic oxidation sites excluding steroid dienone is 1.